The van der Waals surface area contributed by atoms with E-state index in [-0.39, 0.29) is 31.9 Å². The molecule has 0 saturated heterocycles. The Morgan fingerprint density at radius 2 is 0.577 bits per heavy atom. The predicted molar refractivity (Wildman–Crippen MR) is 264 cm³/mol. The monoisotopic (exact) mass is 962 g/mol. The molecule has 354 valence electrons. The van der Waals surface area contributed by atoms with Gasteiger partial charge in [0.25, 0.3) is 0 Å². The van der Waals surface area contributed by atoms with Crippen molar-refractivity contribution in [3.05, 3.63) is 219 Å². The van der Waals surface area contributed by atoms with E-state index in [2.05, 4.69) is 96.2 Å². The molecule has 0 fully saturated rings. The van der Waals surface area contributed by atoms with Crippen molar-refractivity contribution in [3.8, 4) is 46.0 Å². The molecule has 4 N–H and O–H groups in total. The second-order valence-electron chi connectivity index (χ2n) is 19.7. The topological polar surface area (TPSA) is 154 Å². The molecule has 5 atom stereocenters. The fraction of sp³-hybridized carbons (Fsp3) is 0.193. The molecular formula is C57H47N4O9P. The molecule has 0 amide bonds. The first-order valence-electron chi connectivity index (χ1n) is 23.6. The van der Waals surface area contributed by atoms with Gasteiger partial charge in [0.15, 0.2) is 0 Å². The summed E-state index contributed by atoms with van der Waals surface area (Å²) >= 11 is 0. The van der Waals surface area contributed by atoms with Gasteiger partial charge in [-0.1, -0.05) is 18.2 Å². The van der Waals surface area contributed by atoms with Crippen molar-refractivity contribution < 1.29 is 42.0 Å². The minimum Gasteiger partial charge on any atom is -0.457 e. The first-order valence-corrected chi connectivity index (χ1v) is 25.2. The molecule has 9 heterocycles. The van der Waals surface area contributed by atoms with Gasteiger partial charge in [-0.15, -0.1) is 0 Å². The fourth-order valence-corrected chi connectivity index (χ4v) is 12.8. The zero-order valence-corrected chi connectivity index (χ0v) is 40.1. The number of hydrogen-bond acceptors (Lipinski definition) is 9. The molecule has 5 aliphatic rings. The molecule has 9 aromatic rings. The quantitative estimate of drug-likeness (QED) is 0.118. The molecular weight excluding hydrogens is 916 g/mol. The Kier molecular flexibility index (Phi) is 8.65. The third kappa shape index (κ3) is 6.15. The molecule has 5 aromatic carbocycles. The second kappa shape index (κ2) is 14.7. The number of rotatable bonds is 1. The van der Waals surface area contributed by atoms with Gasteiger partial charge in [-0.25, -0.2) is 4.57 Å². The number of benzene rings is 5. The van der Waals surface area contributed by atoms with Crippen LogP contribution in [0, 0.1) is 0 Å². The maximum absolute atomic E-state index is 16.0. The Morgan fingerprint density at radius 1 is 0.338 bits per heavy atom. The largest absolute Gasteiger partial charge is 0.462 e. The maximum Gasteiger partial charge on any atom is 0.462 e. The average Bonchev–Trinajstić information content (AvgIpc) is 4.23. The van der Waals surface area contributed by atoms with Gasteiger partial charge in [0.2, 0.25) is 20.4 Å². The van der Waals surface area contributed by atoms with Crippen LogP contribution in [-0.2, 0) is 26.2 Å². The highest BCUT2D eigenvalue weighted by Crippen LogP contribution is 2.54. The summed E-state index contributed by atoms with van der Waals surface area (Å²) < 4.78 is 68.8. The molecule has 13 nitrogen and oxygen atoms in total. The average molecular weight is 963 g/mol. The van der Waals surface area contributed by atoms with Gasteiger partial charge >= 0.3 is 7.60 Å². The molecule has 0 radical (unpaired) electrons. The van der Waals surface area contributed by atoms with Crippen LogP contribution < -0.4 is 42.8 Å². The van der Waals surface area contributed by atoms with Gasteiger partial charge in [-0.05, 0) is 159 Å². The van der Waals surface area contributed by atoms with Crippen LogP contribution in [0.15, 0.2) is 152 Å². The van der Waals surface area contributed by atoms with Gasteiger partial charge in [0.05, 0.1) is 27.0 Å². The van der Waals surface area contributed by atoms with Gasteiger partial charge in [0, 0.05) is 69.8 Å². The van der Waals surface area contributed by atoms with Crippen molar-refractivity contribution in [3.63, 3.8) is 0 Å². The number of nitrogens with one attached hydrogen (secondary N) is 4. The van der Waals surface area contributed by atoms with Crippen molar-refractivity contribution in [1.29, 1.82) is 0 Å². The van der Waals surface area contributed by atoms with E-state index in [1.54, 1.807) is 24.3 Å². The van der Waals surface area contributed by atoms with Gasteiger partial charge in [-0.3, -0.25) is 0 Å². The van der Waals surface area contributed by atoms with Crippen LogP contribution in [0.5, 0.6) is 46.0 Å². The summed E-state index contributed by atoms with van der Waals surface area (Å²) in [5, 5.41) is 0.349. The number of ether oxygens (including phenoxy) is 6. The Hall–Kier alpha value is -8.15. The first-order chi connectivity index (χ1) is 34.4. The predicted octanol–water partition coefficient (Wildman–Crippen LogP) is 11.2. The smallest absolute Gasteiger partial charge is 0.457 e. The summed E-state index contributed by atoms with van der Waals surface area (Å²) in [6, 6.07) is 49.2. The van der Waals surface area contributed by atoms with Crippen LogP contribution in [-0.4, -0.2) is 40.3 Å². The molecule has 0 saturated carbocycles. The lowest BCUT2D eigenvalue weighted by Gasteiger charge is -2.35. The van der Waals surface area contributed by atoms with Crippen LogP contribution in [0.3, 0.4) is 0 Å². The zero-order chi connectivity index (χ0) is 47.9. The van der Waals surface area contributed by atoms with E-state index in [0.29, 0.717) is 39.8 Å². The van der Waals surface area contributed by atoms with Crippen LogP contribution in [0.4, 0.5) is 0 Å². The molecule has 1 unspecified atom stereocenters. The second-order valence-corrected chi connectivity index (χ2v) is 21.5. The van der Waals surface area contributed by atoms with Crippen LogP contribution in [0.2, 0.25) is 0 Å². The number of aromatic nitrogens is 4. The molecule has 14 heteroatoms. The van der Waals surface area contributed by atoms with Crippen molar-refractivity contribution in [2.45, 2.75) is 49.4 Å². The molecule has 5 aliphatic heterocycles. The standard InChI is InChI=1S/C57H47N4O9P/c1-54-33-18-37-26-39(20-33)65-31-67-41-22-35-24-43(28-41)69-71(62,45-8-6-5-7-9-45)70-44-25-36-23-42(29-44)68-32-66-40-21-34(19-38(27-40)64-30-63-37)55(2,47-11-10-46(54)58-47)49-13-15-51(60-49)57(36,4)53-17-16-52(61-53)56(35,3)50-14-12-48(54)59-50/h5-29,58-61H,30-32H2,1-4H3/t54-,55+,56-,57+,71?. The van der Waals surface area contributed by atoms with E-state index < -0.39 is 29.3 Å². The minimum absolute atomic E-state index is 0.124. The summed E-state index contributed by atoms with van der Waals surface area (Å²) in [6.07, 6.45) is 0. The zero-order valence-electron chi connectivity index (χ0n) is 39.2. The number of H-pyrrole nitrogens is 4. The van der Waals surface area contributed by atoms with Crippen LogP contribution >= 0.6 is 7.60 Å². The Morgan fingerprint density at radius 3 is 0.845 bits per heavy atom. The van der Waals surface area contributed by atoms with Gasteiger partial charge in [0.1, 0.15) is 46.0 Å². The molecule has 24 bridgehead atoms. The Balaban J connectivity index is 1.17. The molecule has 4 aromatic heterocycles. The minimum atomic E-state index is -4.30. The Bertz CT molecular complexity index is 3440. The fourth-order valence-electron chi connectivity index (χ4n) is 11.3. The van der Waals surface area contributed by atoms with E-state index in [0.717, 1.165) is 67.8 Å². The van der Waals surface area contributed by atoms with Crippen molar-refractivity contribution >= 4 is 12.9 Å². The summed E-state index contributed by atoms with van der Waals surface area (Å²) in [5.41, 5.74) is 6.68. The van der Waals surface area contributed by atoms with E-state index in [1.807, 2.05) is 78.9 Å². The summed E-state index contributed by atoms with van der Waals surface area (Å²) in [4.78, 5) is 16.0. The van der Waals surface area contributed by atoms with Gasteiger partial charge < -0.3 is 57.4 Å². The lowest BCUT2D eigenvalue weighted by molar-refractivity contribution is 0.109. The van der Waals surface area contributed by atoms with Crippen molar-refractivity contribution in [2.24, 2.45) is 0 Å². The molecule has 0 aliphatic carbocycles. The van der Waals surface area contributed by atoms with E-state index in [4.69, 9.17) is 37.5 Å². The first kappa shape index (κ1) is 41.8. The lowest BCUT2D eigenvalue weighted by Crippen LogP contribution is -2.32. The van der Waals surface area contributed by atoms with Crippen LogP contribution in [0.25, 0.3) is 0 Å². The summed E-state index contributed by atoms with van der Waals surface area (Å²) in [7, 11) is -4.30. The molecule has 71 heavy (non-hydrogen) atoms. The SMILES string of the molecule is C[C@@]12c3cc4cc(c3)OCOc3cc5cc(c3)[C@@](C)(c3ccc1[nH]3)c1ccc([nH]1)[C@]1(C)c3cc(cc(c3)OP(=O)(c3ccccc3)O5)OCOc3cc(cc(c3)[C@](C)(c3ccc2[nH]3)c2ccc1[nH]2)OCO4. The van der Waals surface area contributed by atoms with Crippen molar-refractivity contribution in [1.82, 2.24) is 19.9 Å². The summed E-state index contributed by atoms with van der Waals surface area (Å²) in [6.45, 7) is 8.24. The van der Waals surface area contributed by atoms with E-state index >= 15 is 4.57 Å². The summed E-state index contributed by atoms with van der Waals surface area (Å²) in [5.74, 6) is 3.36. The van der Waals surface area contributed by atoms with Gasteiger partial charge in [-0.2, -0.15) is 0 Å². The van der Waals surface area contributed by atoms with Crippen LogP contribution in [0.1, 0.15) is 95.5 Å². The number of hydrogen-bond donors (Lipinski definition) is 4. The van der Waals surface area contributed by atoms with E-state index in [1.165, 1.54) is 0 Å². The third-order valence-corrected chi connectivity index (χ3v) is 17.6. The lowest BCUT2D eigenvalue weighted by atomic mass is 9.75. The number of fused-ring (bicyclic) bond motifs is 14. The highest BCUT2D eigenvalue weighted by atomic mass is 31.2. The highest BCUT2D eigenvalue weighted by Gasteiger charge is 2.46. The normalized spacial score (nSPS) is 23.8. The van der Waals surface area contributed by atoms with Crippen molar-refractivity contribution in [2.75, 3.05) is 20.4 Å². The Labute approximate surface area is 408 Å². The maximum atomic E-state index is 16.0. The number of aromatic amines is 4. The van der Waals surface area contributed by atoms with E-state index in [9.17, 15) is 0 Å². The third-order valence-electron chi connectivity index (χ3n) is 15.8. The molecule has 0 spiro atoms. The highest BCUT2D eigenvalue weighted by molar-refractivity contribution is 7.63. The molecule has 14 rings (SSSR count).